The fraction of sp³-hybridized carbons (Fsp3) is 0.632. The highest BCUT2D eigenvalue weighted by Crippen LogP contribution is 2.15. The smallest absolute Gasteiger partial charge is 0.306 e. The van der Waals surface area contributed by atoms with Crippen LogP contribution in [0.2, 0.25) is 0 Å². The number of ether oxygens (including phenoxy) is 3. The van der Waals surface area contributed by atoms with Crippen LogP contribution in [0.15, 0.2) is 134 Å². The number of hydrogen-bond acceptors (Lipinski definition) is 6. The standard InChI is InChI=1S/C68H110O6/c1-4-7-10-13-16-19-22-25-27-29-31-32-33-34-35-36-38-39-41-43-46-49-52-55-58-61-67(70)73-64-65(63-72-66(69)60-57-54-51-48-45-24-21-18-15-12-9-6-3)74-68(71)62-59-56-53-50-47-44-42-40-37-30-28-26-23-20-17-14-11-8-5-2/h7-8,10-11,16-17,19-20,25-28,31-32,34-35,37-40,43,46,65H,4-6,9,12-15,18,21-24,29-30,33,36,41-42,44-45,47-64H2,1-3H3/b10-7-,11-8-,19-16-,20-17-,27-25-,28-26-,32-31-,35-34-,39-38-,40-37-,46-43-. The Morgan fingerprint density at radius 2 is 0.527 bits per heavy atom. The molecule has 0 fully saturated rings. The predicted molar refractivity (Wildman–Crippen MR) is 320 cm³/mol. The van der Waals surface area contributed by atoms with Gasteiger partial charge in [0.15, 0.2) is 6.10 Å². The van der Waals surface area contributed by atoms with Crippen LogP contribution in [0, 0.1) is 0 Å². The van der Waals surface area contributed by atoms with E-state index >= 15 is 0 Å². The zero-order valence-corrected chi connectivity index (χ0v) is 47.8. The van der Waals surface area contributed by atoms with Crippen molar-refractivity contribution in [2.45, 2.75) is 264 Å². The monoisotopic (exact) mass is 1020 g/mol. The minimum atomic E-state index is -0.804. The van der Waals surface area contributed by atoms with Crippen molar-refractivity contribution >= 4 is 17.9 Å². The largest absolute Gasteiger partial charge is 0.462 e. The van der Waals surface area contributed by atoms with E-state index < -0.39 is 6.10 Å². The van der Waals surface area contributed by atoms with Gasteiger partial charge in [0.05, 0.1) is 0 Å². The molecule has 0 aromatic heterocycles. The molecule has 0 aliphatic heterocycles. The fourth-order valence-electron chi connectivity index (χ4n) is 7.94. The first kappa shape index (κ1) is 69.5. The van der Waals surface area contributed by atoms with E-state index in [-0.39, 0.29) is 31.1 Å². The molecule has 0 saturated carbocycles. The number of unbranched alkanes of at least 4 members (excludes halogenated alkanes) is 20. The molecule has 0 spiro atoms. The quantitative estimate of drug-likeness (QED) is 0.0261. The highest BCUT2D eigenvalue weighted by atomic mass is 16.6. The van der Waals surface area contributed by atoms with E-state index in [1.807, 2.05) is 0 Å². The molecule has 0 heterocycles. The Bertz CT molecular complexity index is 1600. The van der Waals surface area contributed by atoms with Crippen LogP contribution in [0.1, 0.15) is 258 Å². The third kappa shape index (κ3) is 58.4. The minimum absolute atomic E-state index is 0.0969. The predicted octanol–water partition coefficient (Wildman–Crippen LogP) is 20.6. The number of esters is 3. The number of carbonyl (C=O) groups is 3. The highest BCUT2D eigenvalue weighted by molar-refractivity contribution is 5.71. The fourth-order valence-corrected chi connectivity index (χ4v) is 7.94. The molecule has 0 radical (unpaired) electrons. The van der Waals surface area contributed by atoms with E-state index in [0.29, 0.717) is 19.3 Å². The van der Waals surface area contributed by atoms with Crippen molar-refractivity contribution in [3.63, 3.8) is 0 Å². The van der Waals surface area contributed by atoms with Gasteiger partial charge in [-0.25, -0.2) is 0 Å². The Hall–Kier alpha value is -4.45. The maximum absolute atomic E-state index is 12.9. The molecule has 0 aliphatic rings. The molecule has 74 heavy (non-hydrogen) atoms. The van der Waals surface area contributed by atoms with Crippen LogP contribution >= 0.6 is 0 Å². The van der Waals surface area contributed by atoms with Crippen LogP contribution in [0.5, 0.6) is 0 Å². The van der Waals surface area contributed by atoms with Gasteiger partial charge in [0.25, 0.3) is 0 Å². The Morgan fingerprint density at radius 1 is 0.284 bits per heavy atom. The van der Waals surface area contributed by atoms with Crippen LogP contribution < -0.4 is 0 Å². The first-order chi connectivity index (χ1) is 36.5. The van der Waals surface area contributed by atoms with Gasteiger partial charge in [-0.15, -0.1) is 0 Å². The summed E-state index contributed by atoms with van der Waals surface area (Å²) in [5.41, 5.74) is 0. The van der Waals surface area contributed by atoms with Crippen LogP contribution in [0.25, 0.3) is 0 Å². The van der Waals surface area contributed by atoms with Crippen molar-refractivity contribution in [1.29, 1.82) is 0 Å². The maximum Gasteiger partial charge on any atom is 0.306 e. The van der Waals surface area contributed by atoms with Crippen molar-refractivity contribution in [2.24, 2.45) is 0 Å². The molecule has 1 unspecified atom stereocenters. The first-order valence-corrected chi connectivity index (χ1v) is 30.2. The Labute approximate surface area is 455 Å². The average molecular weight is 1020 g/mol. The molecule has 1 atom stereocenters. The Morgan fingerprint density at radius 3 is 0.838 bits per heavy atom. The molecule has 0 aromatic carbocycles. The van der Waals surface area contributed by atoms with Gasteiger partial charge in [0, 0.05) is 19.3 Å². The van der Waals surface area contributed by atoms with Crippen LogP contribution in [0.3, 0.4) is 0 Å². The van der Waals surface area contributed by atoms with Crippen LogP contribution in [-0.4, -0.2) is 37.2 Å². The average Bonchev–Trinajstić information content (AvgIpc) is 3.40. The van der Waals surface area contributed by atoms with Gasteiger partial charge in [0.2, 0.25) is 0 Å². The van der Waals surface area contributed by atoms with Crippen molar-refractivity contribution < 1.29 is 28.6 Å². The lowest BCUT2D eigenvalue weighted by Crippen LogP contribution is -2.30. The molecule has 418 valence electrons. The molecule has 0 bridgehead atoms. The van der Waals surface area contributed by atoms with Crippen molar-refractivity contribution in [1.82, 2.24) is 0 Å². The topological polar surface area (TPSA) is 78.9 Å². The van der Waals surface area contributed by atoms with E-state index in [1.54, 1.807) is 0 Å². The third-order valence-corrected chi connectivity index (χ3v) is 12.4. The molecule has 0 rings (SSSR count). The van der Waals surface area contributed by atoms with Gasteiger partial charge >= 0.3 is 17.9 Å². The first-order valence-electron chi connectivity index (χ1n) is 30.2. The summed E-state index contributed by atoms with van der Waals surface area (Å²) >= 11 is 0. The minimum Gasteiger partial charge on any atom is -0.462 e. The maximum atomic E-state index is 12.9. The molecule has 0 amide bonds. The number of hydrogen-bond donors (Lipinski definition) is 0. The lowest BCUT2D eigenvalue weighted by Gasteiger charge is -2.18. The van der Waals surface area contributed by atoms with E-state index in [2.05, 4.69) is 154 Å². The molecule has 0 N–H and O–H groups in total. The summed E-state index contributed by atoms with van der Waals surface area (Å²) in [5.74, 6) is -0.946. The Balaban J connectivity index is 4.45. The molecule has 6 nitrogen and oxygen atoms in total. The van der Waals surface area contributed by atoms with E-state index in [1.165, 1.54) is 70.6 Å². The van der Waals surface area contributed by atoms with Gasteiger partial charge in [-0.2, -0.15) is 0 Å². The summed E-state index contributed by atoms with van der Waals surface area (Å²) in [5, 5.41) is 0. The zero-order chi connectivity index (χ0) is 53.6. The molecule has 0 aromatic rings. The van der Waals surface area contributed by atoms with Gasteiger partial charge in [-0.05, 0) is 116 Å². The van der Waals surface area contributed by atoms with E-state index in [4.69, 9.17) is 14.2 Å². The number of allylic oxidation sites excluding steroid dienone is 22. The highest BCUT2D eigenvalue weighted by Gasteiger charge is 2.19. The summed E-state index contributed by atoms with van der Waals surface area (Å²) in [6.07, 6.45) is 85.8. The second-order valence-electron chi connectivity index (χ2n) is 19.5. The number of rotatable bonds is 53. The molecule has 0 aliphatic carbocycles. The molecule has 0 saturated heterocycles. The number of carbonyl (C=O) groups excluding carboxylic acids is 3. The van der Waals surface area contributed by atoms with E-state index in [0.717, 1.165) is 148 Å². The van der Waals surface area contributed by atoms with Crippen molar-refractivity contribution in [3.8, 4) is 0 Å². The lowest BCUT2D eigenvalue weighted by molar-refractivity contribution is -0.167. The van der Waals surface area contributed by atoms with Crippen LogP contribution in [-0.2, 0) is 28.6 Å². The van der Waals surface area contributed by atoms with Crippen molar-refractivity contribution in [3.05, 3.63) is 134 Å². The van der Waals surface area contributed by atoms with E-state index in [9.17, 15) is 14.4 Å². The van der Waals surface area contributed by atoms with Gasteiger partial charge < -0.3 is 14.2 Å². The van der Waals surface area contributed by atoms with Gasteiger partial charge in [0.1, 0.15) is 13.2 Å². The molecular formula is C68H110O6. The summed E-state index contributed by atoms with van der Waals surface area (Å²) in [7, 11) is 0. The Kier molecular flexibility index (Phi) is 57.4. The SMILES string of the molecule is CC/C=C\C/C=C\C/C=C\C/C=C\C/C=C\C/C=C\C/C=C\CCCCCC(=O)OCC(COC(=O)CCCCCCCCCCCCCC)OC(=O)CCCCCCCC/C=C\C/C=C\C/C=C\C/C=C\CC. The summed E-state index contributed by atoms with van der Waals surface area (Å²) in [6.45, 7) is 6.37. The van der Waals surface area contributed by atoms with Gasteiger partial charge in [-0.1, -0.05) is 257 Å². The summed E-state index contributed by atoms with van der Waals surface area (Å²) in [4.78, 5) is 38.2. The second kappa shape index (κ2) is 61.1. The molecular weight excluding hydrogens is 913 g/mol. The summed E-state index contributed by atoms with van der Waals surface area (Å²) in [6, 6.07) is 0. The zero-order valence-electron chi connectivity index (χ0n) is 47.8. The molecule has 6 heteroatoms. The summed E-state index contributed by atoms with van der Waals surface area (Å²) < 4.78 is 16.8. The third-order valence-electron chi connectivity index (χ3n) is 12.4. The van der Waals surface area contributed by atoms with Crippen molar-refractivity contribution in [2.75, 3.05) is 13.2 Å². The van der Waals surface area contributed by atoms with Gasteiger partial charge in [-0.3, -0.25) is 14.4 Å². The normalized spacial score (nSPS) is 13.1. The lowest BCUT2D eigenvalue weighted by atomic mass is 10.0. The second-order valence-corrected chi connectivity index (χ2v) is 19.5. The van der Waals surface area contributed by atoms with Crippen LogP contribution in [0.4, 0.5) is 0 Å².